The number of ketones is 1. The second-order valence-corrected chi connectivity index (χ2v) is 8.12. The Balaban J connectivity index is 1.97. The minimum absolute atomic E-state index is 0.149. The van der Waals surface area contributed by atoms with E-state index < -0.39 is 5.54 Å². The van der Waals surface area contributed by atoms with Gasteiger partial charge in [0.25, 0.3) is 0 Å². The van der Waals surface area contributed by atoms with Gasteiger partial charge in [-0.25, -0.2) is 0 Å². The first-order chi connectivity index (χ1) is 12.9. The number of aryl methyl sites for hydroxylation is 1. The minimum Gasteiger partial charge on any atom is -0.335 e. The summed E-state index contributed by atoms with van der Waals surface area (Å²) < 4.78 is 0. The quantitative estimate of drug-likeness (QED) is 0.619. The molecule has 0 saturated heterocycles. The van der Waals surface area contributed by atoms with Gasteiger partial charge in [-0.2, -0.15) is 0 Å². The Morgan fingerprint density at radius 3 is 2.56 bits per heavy atom. The second-order valence-electron chi connectivity index (χ2n) is 6.92. The number of nitrogens with zero attached hydrogens (tertiary/aromatic N) is 1. The lowest BCUT2D eigenvalue weighted by atomic mass is 9.74. The SMILES string of the molecule is Cc1ccc(NC(=S)N(C)C2(c3ccccc3Cl)CCCCC2=O)cc1Cl. The van der Waals surface area contributed by atoms with E-state index >= 15 is 0 Å². The smallest absolute Gasteiger partial charge is 0.174 e. The Morgan fingerprint density at radius 2 is 1.89 bits per heavy atom. The summed E-state index contributed by atoms with van der Waals surface area (Å²) in [6.07, 6.45) is 3.05. The number of nitrogens with one attached hydrogen (secondary N) is 1. The zero-order valence-electron chi connectivity index (χ0n) is 15.4. The van der Waals surface area contributed by atoms with Crippen LogP contribution in [0.4, 0.5) is 5.69 Å². The van der Waals surface area contributed by atoms with Crippen molar-refractivity contribution in [3.05, 3.63) is 63.6 Å². The van der Waals surface area contributed by atoms with Crippen LogP contribution in [0.1, 0.15) is 36.8 Å². The van der Waals surface area contributed by atoms with Crippen molar-refractivity contribution < 1.29 is 4.79 Å². The van der Waals surface area contributed by atoms with Crippen LogP contribution in [-0.4, -0.2) is 22.8 Å². The molecule has 1 atom stereocenters. The van der Waals surface area contributed by atoms with E-state index in [1.807, 2.05) is 61.3 Å². The van der Waals surface area contributed by atoms with Crippen molar-refractivity contribution in [2.45, 2.75) is 38.1 Å². The van der Waals surface area contributed by atoms with Gasteiger partial charge in [-0.3, -0.25) is 4.79 Å². The number of hydrogen-bond donors (Lipinski definition) is 1. The number of rotatable bonds is 3. The lowest BCUT2D eigenvalue weighted by Gasteiger charge is -2.45. The molecule has 1 fully saturated rings. The number of likely N-dealkylation sites (N-methyl/N-ethyl adjacent to an activating group) is 1. The number of carbonyl (C=O) groups excluding carboxylic acids is 1. The van der Waals surface area contributed by atoms with Gasteiger partial charge in [-0.15, -0.1) is 0 Å². The van der Waals surface area contributed by atoms with E-state index in [1.165, 1.54) is 0 Å². The van der Waals surface area contributed by atoms with Gasteiger partial charge >= 0.3 is 0 Å². The van der Waals surface area contributed by atoms with Gasteiger partial charge < -0.3 is 10.2 Å². The molecule has 0 aromatic heterocycles. The molecule has 1 N–H and O–H groups in total. The van der Waals surface area contributed by atoms with Crippen molar-refractivity contribution in [1.82, 2.24) is 4.90 Å². The lowest BCUT2D eigenvalue weighted by Crippen LogP contribution is -2.55. The molecular formula is C21H22Cl2N2OS. The zero-order chi connectivity index (χ0) is 19.6. The number of benzene rings is 2. The molecule has 1 aliphatic rings. The van der Waals surface area contributed by atoms with Crippen molar-refractivity contribution in [1.29, 1.82) is 0 Å². The van der Waals surface area contributed by atoms with E-state index in [9.17, 15) is 4.79 Å². The summed E-state index contributed by atoms with van der Waals surface area (Å²) in [6, 6.07) is 13.2. The molecule has 0 heterocycles. The van der Waals surface area contributed by atoms with Crippen molar-refractivity contribution in [2.75, 3.05) is 12.4 Å². The predicted molar refractivity (Wildman–Crippen MR) is 117 cm³/mol. The number of halogens is 2. The molecule has 2 aromatic rings. The maximum absolute atomic E-state index is 13.2. The largest absolute Gasteiger partial charge is 0.335 e. The van der Waals surface area contributed by atoms with Crippen molar-refractivity contribution in [3.63, 3.8) is 0 Å². The molecule has 0 aliphatic heterocycles. The first kappa shape index (κ1) is 20.1. The maximum Gasteiger partial charge on any atom is 0.174 e. The topological polar surface area (TPSA) is 32.3 Å². The molecule has 1 unspecified atom stereocenters. The molecule has 142 valence electrons. The third-order valence-electron chi connectivity index (χ3n) is 5.27. The predicted octanol–water partition coefficient (Wildman–Crippen LogP) is 5.97. The van der Waals surface area contributed by atoms with E-state index in [4.69, 9.17) is 35.4 Å². The summed E-state index contributed by atoms with van der Waals surface area (Å²) in [6.45, 7) is 1.95. The van der Waals surface area contributed by atoms with Gasteiger partial charge in [-0.1, -0.05) is 47.5 Å². The fourth-order valence-electron chi connectivity index (χ4n) is 3.68. The fourth-order valence-corrected chi connectivity index (χ4v) is 4.43. The third-order valence-corrected chi connectivity index (χ3v) is 6.39. The van der Waals surface area contributed by atoms with Crippen LogP contribution in [-0.2, 0) is 10.3 Å². The summed E-state index contributed by atoms with van der Waals surface area (Å²) in [7, 11) is 1.86. The van der Waals surface area contributed by atoms with Crippen molar-refractivity contribution in [3.8, 4) is 0 Å². The van der Waals surface area contributed by atoms with Crippen LogP contribution in [0.5, 0.6) is 0 Å². The first-order valence-corrected chi connectivity index (χ1v) is 10.1. The van der Waals surface area contributed by atoms with Crippen LogP contribution in [0, 0.1) is 6.92 Å². The van der Waals surface area contributed by atoms with Gasteiger partial charge in [0.2, 0.25) is 0 Å². The van der Waals surface area contributed by atoms with Gasteiger partial charge in [0.05, 0.1) is 0 Å². The van der Waals surface area contributed by atoms with Crippen LogP contribution in [0.2, 0.25) is 10.0 Å². The highest BCUT2D eigenvalue weighted by Gasteiger charge is 2.47. The van der Waals surface area contributed by atoms with E-state index in [0.717, 1.165) is 29.7 Å². The normalized spacial score (nSPS) is 19.6. The second kappa shape index (κ2) is 8.17. The molecule has 0 amide bonds. The molecule has 0 spiro atoms. The summed E-state index contributed by atoms with van der Waals surface area (Å²) >= 11 is 18.4. The number of thiocarbonyl (C=S) groups is 1. The Hall–Kier alpha value is -1.62. The molecular weight excluding hydrogens is 399 g/mol. The van der Waals surface area contributed by atoms with E-state index in [-0.39, 0.29) is 5.78 Å². The van der Waals surface area contributed by atoms with E-state index in [0.29, 0.717) is 28.0 Å². The highest BCUT2D eigenvalue weighted by molar-refractivity contribution is 7.80. The monoisotopic (exact) mass is 420 g/mol. The third kappa shape index (κ3) is 3.84. The Labute approximate surface area is 175 Å². The van der Waals surface area contributed by atoms with Crippen molar-refractivity contribution >= 4 is 52.0 Å². The molecule has 1 saturated carbocycles. The van der Waals surface area contributed by atoms with Crippen molar-refractivity contribution in [2.24, 2.45) is 0 Å². The highest BCUT2D eigenvalue weighted by atomic mass is 35.5. The van der Waals surface area contributed by atoms with E-state index in [1.54, 1.807) is 0 Å². The number of hydrogen-bond acceptors (Lipinski definition) is 2. The van der Waals surface area contributed by atoms with E-state index in [2.05, 4.69) is 5.32 Å². The standard InChI is InChI=1S/C21H22Cl2N2OS/c1-14-10-11-15(13-18(14)23)24-20(27)25(2)21(12-6-5-9-19(21)26)16-7-3-4-8-17(16)22/h3-4,7-8,10-11,13H,5-6,9,12H2,1-2H3,(H,24,27). The Bertz CT molecular complexity index is 886. The zero-order valence-corrected chi connectivity index (χ0v) is 17.7. The molecule has 1 aliphatic carbocycles. The number of anilines is 1. The number of Topliss-reactive ketones (excluding diaryl/α,β-unsaturated/α-hetero) is 1. The average molecular weight is 421 g/mol. The van der Waals surface area contributed by atoms with Crippen LogP contribution in [0.15, 0.2) is 42.5 Å². The molecule has 0 bridgehead atoms. The van der Waals surface area contributed by atoms with Crippen LogP contribution in [0.25, 0.3) is 0 Å². The number of carbonyl (C=O) groups is 1. The van der Waals surface area contributed by atoms with Crippen LogP contribution in [0.3, 0.4) is 0 Å². The molecule has 3 rings (SSSR count). The van der Waals surface area contributed by atoms with Crippen LogP contribution < -0.4 is 5.32 Å². The maximum atomic E-state index is 13.2. The Kier molecular flexibility index (Phi) is 6.09. The molecule has 27 heavy (non-hydrogen) atoms. The van der Waals surface area contributed by atoms with Gasteiger partial charge in [0.15, 0.2) is 10.9 Å². The minimum atomic E-state index is -0.852. The molecule has 3 nitrogen and oxygen atoms in total. The Morgan fingerprint density at radius 1 is 1.15 bits per heavy atom. The van der Waals surface area contributed by atoms with Gasteiger partial charge in [-0.05, 0) is 62.2 Å². The highest BCUT2D eigenvalue weighted by Crippen LogP contribution is 2.42. The lowest BCUT2D eigenvalue weighted by molar-refractivity contribution is -0.131. The average Bonchev–Trinajstić information content (AvgIpc) is 2.65. The van der Waals surface area contributed by atoms with Gasteiger partial charge in [0.1, 0.15) is 5.54 Å². The summed E-state index contributed by atoms with van der Waals surface area (Å²) in [5.74, 6) is 0.149. The summed E-state index contributed by atoms with van der Waals surface area (Å²) in [5.41, 5.74) is 1.75. The molecule has 2 aromatic carbocycles. The summed E-state index contributed by atoms with van der Waals surface area (Å²) in [5, 5.41) is 4.93. The van der Waals surface area contributed by atoms with Gasteiger partial charge in [0, 0.05) is 34.8 Å². The first-order valence-electron chi connectivity index (χ1n) is 8.95. The molecule has 6 heteroatoms. The van der Waals surface area contributed by atoms with Crippen LogP contribution >= 0.6 is 35.4 Å². The summed E-state index contributed by atoms with van der Waals surface area (Å²) in [4.78, 5) is 15.0. The fraction of sp³-hybridized carbons (Fsp3) is 0.333. The molecule has 0 radical (unpaired) electrons.